The molecule has 94 valence electrons. The highest BCUT2D eigenvalue weighted by atomic mass is 32.2. The molecule has 0 radical (unpaired) electrons. The number of sulfonamides is 1. The van der Waals surface area contributed by atoms with Gasteiger partial charge in [0.15, 0.2) is 4.90 Å². The zero-order valence-electron chi connectivity index (χ0n) is 8.73. The Balaban J connectivity index is 0.000000557. The van der Waals surface area contributed by atoms with Crippen molar-refractivity contribution in [3.05, 3.63) is 34.4 Å². The van der Waals surface area contributed by atoms with E-state index in [1.165, 1.54) is 12.1 Å². The topological polar surface area (TPSA) is 141 Å². The Bertz CT molecular complexity index is 521. The summed E-state index contributed by atoms with van der Waals surface area (Å²) in [6, 6.07) is 4.91. The normalized spacial score (nSPS) is 10.0. The number of hydrogen-bond acceptors (Lipinski definition) is 5. The molecular weight excluding hydrogens is 252 g/mol. The molecule has 17 heavy (non-hydrogen) atoms. The number of carboxylic acids is 1. The van der Waals surface area contributed by atoms with Crippen molar-refractivity contribution >= 4 is 21.7 Å². The SMILES string of the molecule is CC(=O)O.NS(=O)(=O)c1ccccc1[N+](=O)[O-]. The summed E-state index contributed by atoms with van der Waals surface area (Å²) in [5.74, 6) is -0.833. The summed E-state index contributed by atoms with van der Waals surface area (Å²) in [7, 11) is -4.02. The number of nitro groups is 1. The third-order valence-electron chi connectivity index (χ3n) is 1.37. The molecule has 3 N–H and O–H groups in total. The highest BCUT2D eigenvalue weighted by Crippen LogP contribution is 2.20. The summed E-state index contributed by atoms with van der Waals surface area (Å²) in [5.41, 5.74) is -0.509. The van der Waals surface area contributed by atoms with Crippen LogP contribution in [0.3, 0.4) is 0 Å². The maximum Gasteiger partial charge on any atom is 0.300 e. The predicted octanol–water partition coefficient (Wildman–Crippen LogP) is 0.333. The Hall–Kier alpha value is -2.00. The quantitative estimate of drug-likeness (QED) is 0.581. The van der Waals surface area contributed by atoms with E-state index in [9.17, 15) is 18.5 Å². The van der Waals surface area contributed by atoms with Crippen LogP contribution in [0.2, 0.25) is 0 Å². The molecule has 0 saturated carbocycles. The molecule has 9 heteroatoms. The molecular formula is C8H10N2O6S. The summed E-state index contributed by atoms with van der Waals surface area (Å²) in [4.78, 5) is 18.1. The summed E-state index contributed by atoms with van der Waals surface area (Å²) in [5, 5.41) is 22.5. The molecule has 1 aromatic carbocycles. The van der Waals surface area contributed by atoms with E-state index in [0.717, 1.165) is 19.1 Å². The van der Waals surface area contributed by atoms with Gasteiger partial charge >= 0.3 is 0 Å². The molecule has 0 amide bonds. The highest BCUT2D eigenvalue weighted by Gasteiger charge is 2.20. The summed E-state index contributed by atoms with van der Waals surface area (Å²) in [6.07, 6.45) is 0. The minimum absolute atomic E-state index is 0.472. The molecule has 0 spiro atoms. The number of carbonyl (C=O) groups is 1. The molecule has 0 fully saturated rings. The van der Waals surface area contributed by atoms with Crippen LogP contribution < -0.4 is 5.14 Å². The van der Waals surface area contributed by atoms with Crippen LogP contribution in [0.25, 0.3) is 0 Å². The van der Waals surface area contributed by atoms with Crippen molar-refractivity contribution in [3.63, 3.8) is 0 Å². The third kappa shape index (κ3) is 5.58. The van der Waals surface area contributed by atoms with Gasteiger partial charge in [-0.25, -0.2) is 13.6 Å². The highest BCUT2D eigenvalue weighted by molar-refractivity contribution is 7.89. The van der Waals surface area contributed by atoms with E-state index in [-0.39, 0.29) is 0 Å². The number of carboxylic acid groups (broad SMARTS) is 1. The average Bonchev–Trinajstić information content (AvgIpc) is 2.15. The lowest BCUT2D eigenvalue weighted by atomic mass is 10.3. The van der Waals surface area contributed by atoms with Crippen LogP contribution in [-0.4, -0.2) is 24.4 Å². The minimum atomic E-state index is -4.02. The molecule has 0 heterocycles. The fraction of sp³-hybridized carbons (Fsp3) is 0.125. The molecule has 0 unspecified atom stereocenters. The Kier molecular flexibility index (Phi) is 5.22. The molecule has 0 aliphatic rings. The molecule has 1 aromatic rings. The maximum absolute atomic E-state index is 10.8. The van der Waals surface area contributed by atoms with E-state index in [1.54, 1.807) is 0 Å². The number of hydrogen-bond donors (Lipinski definition) is 2. The minimum Gasteiger partial charge on any atom is -0.481 e. The van der Waals surface area contributed by atoms with Gasteiger partial charge in [0.2, 0.25) is 10.0 Å². The predicted molar refractivity (Wildman–Crippen MR) is 57.8 cm³/mol. The van der Waals surface area contributed by atoms with E-state index in [2.05, 4.69) is 0 Å². The Morgan fingerprint density at radius 3 is 2.12 bits per heavy atom. The van der Waals surface area contributed by atoms with Gasteiger partial charge in [-0.3, -0.25) is 14.9 Å². The van der Waals surface area contributed by atoms with Crippen molar-refractivity contribution in [2.75, 3.05) is 0 Å². The molecule has 0 aromatic heterocycles. The first-order chi connectivity index (χ1) is 7.66. The number of nitrogens with two attached hydrogens (primary N) is 1. The number of nitrogens with zero attached hydrogens (tertiary/aromatic N) is 1. The van der Waals surface area contributed by atoms with Crippen molar-refractivity contribution in [2.24, 2.45) is 5.14 Å². The van der Waals surface area contributed by atoms with Crippen LogP contribution in [0, 0.1) is 10.1 Å². The van der Waals surface area contributed by atoms with Gasteiger partial charge in [-0.2, -0.15) is 0 Å². The van der Waals surface area contributed by atoms with E-state index in [1.807, 2.05) is 0 Å². The van der Waals surface area contributed by atoms with Crippen molar-refractivity contribution < 1.29 is 23.2 Å². The van der Waals surface area contributed by atoms with Crippen molar-refractivity contribution in [3.8, 4) is 0 Å². The van der Waals surface area contributed by atoms with Crippen LogP contribution >= 0.6 is 0 Å². The monoisotopic (exact) mass is 262 g/mol. The zero-order valence-corrected chi connectivity index (χ0v) is 9.55. The van der Waals surface area contributed by atoms with Gasteiger partial charge in [-0.1, -0.05) is 12.1 Å². The molecule has 0 bridgehead atoms. The Labute approximate surface area is 96.9 Å². The maximum atomic E-state index is 10.8. The third-order valence-corrected chi connectivity index (χ3v) is 2.33. The fourth-order valence-electron chi connectivity index (χ4n) is 0.849. The van der Waals surface area contributed by atoms with Crippen molar-refractivity contribution in [2.45, 2.75) is 11.8 Å². The number of rotatable bonds is 2. The summed E-state index contributed by atoms with van der Waals surface area (Å²) in [6.45, 7) is 1.08. The van der Waals surface area contributed by atoms with Crippen LogP contribution in [0.5, 0.6) is 0 Å². The standard InChI is InChI=1S/C6H6N2O4S.C2H4O2/c7-13(11,12)6-4-2-1-3-5(6)8(9)10;1-2(3)4/h1-4H,(H2,7,11,12);1H3,(H,3,4). The first kappa shape index (κ1) is 15.0. The van der Waals surface area contributed by atoms with Crippen molar-refractivity contribution in [1.82, 2.24) is 0 Å². The average molecular weight is 262 g/mol. The van der Waals surface area contributed by atoms with Crippen LogP contribution in [-0.2, 0) is 14.8 Å². The second-order valence-corrected chi connectivity index (χ2v) is 4.32. The lowest BCUT2D eigenvalue weighted by Gasteiger charge is -1.98. The van der Waals surface area contributed by atoms with E-state index in [4.69, 9.17) is 15.0 Å². The van der Waals surface area contributed by atoms with Gasteiger partial charge < -0.3 is 5.11 Å². The summed E-state index contributed by atoms with van der Waals surface area (Å²) >= 11 is 0. The second-order valence-electron chi connectivity index (χ2n) is 2.79. The van der Waals surface area contributed by atoms with Gasteiger partial charge in [-0.05, 0) is 6.07 Å². The van der Waals surface area contributed by atoms with E-state index in [0.29, 0.717) is 0 Å². The molecule has 0 atom stereocenters. The number of aliphatic carboxylic acids is 1. The number of para-hydroxylation sites is 1. The lowest BCUT2D eigenvalue weighted by Crippen LogP contribution is -2.13. The van der Waals surface area contributed by atoms with Gasteiger partial charge in [0.1, 0.15) is 0 Å². The fourth-order valence-corrected chi connectivity index (χ4v) is 1.55. The number of nitro benzene ring substituents is 1. The molecule has 0 saturated heterocycles. The summed E-state index contributed by atoms with van der Waals surface area (Å²) < 4.78 is 21.7. The van der Waals surface area contributed by atoms with Gasteiger partial charge in [-0.15, -0.1) is 0 Å². The smallest absolute Gasteiger partial charge is 0.300 e. The first-order valence-corrected chi connectivity index (χ1v) is 5.66. The molecule has 0 aliphatic carbocycles. The number of primary sulfonamides is 1. The molecule has 1 rings (SSSR count). The molecule has 0 aliphatic heterocycles. The Morgan fingerprint density at radius 1 is 1.41 bits per heavy atom. The van der Waals surface area contributed by atoms with Gasteiger partial charge in [0, 0.05) is 13.0 Å². The van der Waals surface area contributed by atoms with Gasteiger partial charge in [0.05, 0.1) is 4.92 Å². The van der Waals surface area contributed by atoms with E-state index >= 15 is 0 Å². The second kappa shape index (κ2) is 5.92. The van der Waals surface area contributed by atoms with E-state index < -0.39 is 31.5 Å². The van der Waals surface area contributed by atoms with Crippen LogP contribution in [0.15, 0.2) is 29.2 Å². The Morgan fingerprint density at radius 2 is 1.82 bits per heavy atom. The largest absolute Gasteiger partial charge is 0.481 e. The van der Waals surface area contributed by atoms with Crippen LogP contribution in [0.1, 0.15) is 6.92 Å². The lowest BCUT2D eigenvalue weighted by molar-refractivity contribution is -0.387. The van der Waals surface area contributed by atoms with Crippen LogP contribution in [0.4, 0.5) is 5.69 Å². The van der Waals surface area contributed by atoms with Gasteiger partial charge in [0.25, 0.3) is 11.7 Å². The number of benzene rings is 1. The first-order valence-electron chi connectivity index (χ1n) is 4.12. The molecule has 8 nitrogen and oxygen atoms in total. The zero-order chi connectivity index (χ0) is 13.6. The van der Waals surface area contributed by atoms with Crippen molar-refractivity contribution in [1.29, 1.82) is 0 Å².